The number of nitrogens with one attached hydrogen (secondary N) is 1. The first-order chi connectivity index (χ1) is 11.2. The van der Waals surface area contributed by atoms with Crippen molar-refractivity contribution >= 4 is 23.5 Å². The van der Waals surface area contributed by atoms with Gasteiger partial charge in [0.05, 0.1) is 40.8 Å². The number of ether oxygens (including phenoxy) is 4. The summed E-state index contributed by atoms with van der Waals surface area (Å²) in [5.41, 5.74) is 3.67. The van der Waals surface area contributed by atoms with E-state index in [1.54, 1.807) is 27.5 Å². The zero-order valence-electron chi connectivity index (χ0n) is 13.5. The lowest BCUT2D eigenvalue weighted by molar-refractivity contribution is 0.0677. The number of thiocarbonyl (C=S) groups is 1. The smallest absolute Gasteiger partial charge is 0.203 e. The van der Waals surface area contributed by atoms with Crippen LogP contribution in [0.4, 0.5) is 0 Å². The Labute approximate surface area is 141 Å². The number of morpholine rings is 1. The Balaban J connectivity index is 2.05. The lowest BCUT2D eigenvalue weighted by Crippen LogP contribution is -2.44. The summed E-state index contributed by atoms with van der Waals surface area (Å²) in [6, 6.07) is 3.62. The highest BCUT2D eigenvalue weighted by Crippen LogP contribution is 2.37. The van der Waals surface area contributed by atoms with Gasteiger partial charge in [0, 0.05) is 18.7 Å². The van der Waals surface area contributed by atoms with Crippen LogP contribution in [0, 0.1) is 0 Å². The highest BCUT2D eigenvalue weighted by Gasteiger charge is 2.14. The molecule has 126 valence electrons. The molecule has 0 atom stereocenters. The number of methoxy groups -OCH3 is 3. The normalized spacial score (nSPS) is 14.7. The van der Waals surface area contributed by atoms with Gasteiger partial charge in [-0.05, 0) is 24.4 Å². The number of nitrogens with zero attached hydrogens (tertiary/aromatic N) is 2. The summed E-state index contributed by atoms with van der Waals surface area (Å²) < 4.78 is 21.2. The molecule has 0 bridgehead atoms. The maximum absolute atomic E-state index is 5.31. The molecule has 8 heteroatoms. The Kier molecular flexibility index (Phi) is 6.42. The van der Waals surface area contributed by atoms with Crippen molar-refractivity contribution in [3.05, 3.63) is 17.7 Å². The van der Waals surface area contributed by atoms with Crippen LogP contribution in [0.3, 0.4) is 0 Å². The molecule has 0 amide bonds. The monoisotopic (exact) mass is 339 g/mol. The third-order valence-corrected chi connectivity index (χ3v) is 3.71. The summed E-state index contributed by atoms with van der Waals surface area (Å²) in [7, 11) is 4.71. The van der Waals surface area contributed by atoms with Crippen molar-refractivity contribution in [2.24, 2.45) is 5.10 Å². The topological polar surface area (TPSA) is 64.6 Å². The summed E-state index contributed by atoms with van der Waals surface area (Å²) in [4.78, 5) is 2.02. The van der Waals surface area contributed by atoms with Crippen LogP contribution < -0.4 is 19.6 Å². The van der Waals surface area contributed by atoms with Gasteiger partial charge in [0.2, 0.25) is 5.75 Å². The molecule has 1 aliphatic rings. The van der Waals surface area contributed by atoms with Gasteiger partial charge in [-0.1, -0.05) is 0 Å². The second-order valence-electron chi connectivity index (χ2n) is 4.73. The Morgan fingerprint density at radius 2 is 1.78 bits per heavy atom. The molecular formula is C15H21N3O4S. The minimum Gasteiger partial charge on any atom is -0.493 e. The minimum atomic E-state index is 0.545. The molecule has 1 saturated heterocycles. The lowest BCUT2D eigenvalue weighted by Gasteiger charge is -2.28. The lowest BCUT2D eigenvalue weighted by atomic mass is 10.2. The largest absolute Gasteiger partial charge is 0.493 e. The number of benzene rings is 1. The van der Waals surface area contributed by atoms with E-state index in [1.807, 2.05) is 17.0 Å². The number of hydrazone groups is 1. The molecule has 1 aromatic carbocycles. The molecule has 0 spiro atoms. The van der Waals surface area contributed by atoms with Crippen LogP contribution in [0.25, 0.3) is 0 Å². The molecule has 23 heavy (non-hydrogen) atoms. The predicted octanol–water partition coefficient (Wildman–Crippen LogP) is 1.25. The van der Waals surface area contributed by atoms with Crippen molar-refractivity contribution in [3.63, 3.8) is 0 Å². The molecule has 1 N–H and O–H groups in total. The second kappa shape index (κ2) is 8.54. The molecule has 0 unspecified atom stereocenters. The van der Waals surface area contributed by atoms with Crippen molar-refractivity contribution in [2.75, 3.05) is 47.6 Å². The second-order valence-corrected chi connectivity index (χ2v) is 5.12. The zero-order chi connectivity index (χ0) is 16.7. The number of hydrogen-bond donors (Lipinski definition) is 1. The molecule has 7 nitrogen and oxygen atoms in total. The molecule has 0 aromatic heterocycles. The van der Waals surface area contributed by atoms with Gasteiger partial charge in [0.15, 0.2) is 16.6 Å². The molecule has 1 aliphatic heterocycles. The van der Waals surface area contributed by atoms with Gasteiger partial charge < -0.3 is 23.8 Å². The standard InChI is InChI=1S/C15H21N3O4S/c1-19-12-8-11(9-13(20-2)14(12)21-3)10-16-17-15(23)18-4-6-22-7-5-18/h8-10H,4-7H2,1-3H3,(H,17,23)/b16-10+. The third kappa shape index (κ3) is 4.46. The predicted molar refractivity (Wildman–Crippen MR) is 91.8 cm³/mol. The quantitative estimate of drug-likeness (QED) is 0.492. The summed E-state index contributed by atoms with van der Waals surface area (Å²) in [5, 5.41) is 4.75. The first-order valence-corrected chi connectivity index (χ1v) is 7.56. The van der Waals surface area contributed by atoms with E-state index < -0.39 is 0 Å². The third-order valence-electron chi connectivity index (χ3n) is 3.36. The van der Waals surface area contributed by atoms with Crippen molar-refractivity contribution in [2.45, 2.75) is 0 Å². The molecule has 1 heterocycles. The van der Waals surface area contributed by atoms with Gasteiger partial charge in [-0.3, -0.25) is 5.43 Å². The van der Waals surface area contributed by atoms with E-state index in [0.29, 0.717) is 35.6 Å². The van der Waals surface area contributed by atoms with E-state index in [2.05, 4.69) is 10.5 Å². The molecule has 2 rings (SSSR count). The Hall–Kier alpha value is -2.06. The average Bonchev–Trinajstić information content (AvgIpc) is 2.61. The van der Waals surface area contributed by atoms with Gasteiger partial charge in [-0.2, -0.15) is 5.10 Å². The highest BCUT2D eigenvalue weighted by molar-refractivity contribution is 7.80. The average molecular weight is 339 g/mol. The van der Waals surface area contributed by atoms with Crippen LogP contribution in [0.5, 0.6) is 17.2 Å². The Morgan fingerprint density at radius 1 is 1.17 bits per heavy atom. The molecule has 1 fully saturated rings. The van der Waals surface area contributed by atoms with Crippen molar-refractivity contribution in [3.8, 4) is 17.2 Å². The van der Waals surface area contributed by atoms with Crippen LogP contribution in [0.1, 0.15) is 5.56 Å². The first kappa shape index (κ1) is 17.3. The van der Waals surface area contributed by atoms with Gasteiger partial charge >= 0.3 is 0 Å². The Morgan fingerprint density at radius 3 is 2.30 bits per heavy atom. The van der Waals surface area contributed by atoms with Gasteiger partial charge in [0.25, 0.3) is 0 Å². The summed E-state index contributed by atoms with van der Waals surface area (Å²) in [6.07, 6.45) is 1.65. The fourth-order valence-corrected chi connectivity index (χ4v) is 2.41. The van der Waals surface area contributed by atoms with E-state index >= 15 is 0 Å². The van der Waals surface area contributed by atoms with E-state index in [9.17, 15) is 0 Å². The molecular weight excluding hydrogens is 318 g/mol. The molecule has 0 saturated carbocycles. The SMILES string of the molecule is COc1cc(/C=N/NC(=S)N2CCOCC2)cc(OC)c1OC. The van der Waals surface area contributed by atoms with Crippen LogP contribution in [0.15, 0.2) is 17.2 Å². The summed E-state index contributed by atoms with van der Waals surface area (Å²) in [5.74, 6) is 1.69. The number of rotatable bonds is 5. The molecule has 0 aliphatic carbocycles. The van der Waals surface area contributed by atoms with E-state index in [4.69, 9.17) is 31.2 Å². The van der Waals surface area contributed by atoms with E-state index in [1.165, 1.54) is 0 Å². The van der Waals surface area contributed by atoms with Crippen molar-refractivity contribution < 1.29 is 18.9 Å². The van der Waals surface area contributed by atoms with Crippen LogP contribution in [0.2, 0.25) is 0 Å². The summed E-state index contributed by atoms with van der Waals surface area (Å²) in [6.45, 7) is 2.90. The van der Waals surface area contributed by atoms with Gasteiger partial charge in [-0.15, -0.1) is 0 Å². The minimum absolute atomic E-state index is 0.545. The van der Waals surface area contributed by atoms with Gasteiger partial charge in [-0.25, -0.2) is 0 Å². The van der Waals surface area contributed by atoms with Crippen LogP contribution in [-0.2, 0) is 4.74 Å². The Bertz CT molecular complexity index is 549. The van der Waals surface area contributed by atoms with E-state index in [-0.39, 0.29) is 0 Å². The van der Waals surface area contributed by atoms with E-state index in [0.717, 1.165) is 18.7 Å². The maximum Gasteiger partial charge on any atom is 0.203 e. The highest BCUT2D eigenvalue weighted by atomic mass is 32.1. The first-order valence-electron chi connectivity index (χ1n) is 7.15. The number of hydrogen-bond acceptors (Lipinski definition) is 6. The zero-order valence-corrected chi connectivity index (χ0v) is 14.3. The van der Waals surface area contributed by atoms with Crippen molar-refractivity contribution in [1.82, 2.24) is 10.3 Å². The van der Waals surface area contributed by atoms with Gasteiger partial charge in [0.1, 0.15) is 0 Å². The maximum atomic E-state index is 5.31. The fourth-order valence-electron chi connectivity index (χ4n) is 2.18. The van der Waals surface area contributed by atoms with Crippen LogP contribution in [-0.4, -0.2) is 63.9 Å². The summed E-state index contributed by atoms with van der Waals surface area (Å²) >= 11 is 5.30. The van der Waals surface area contributed by atoms with Crippen LogP contribution >= 0.6 is 12.2 Å². The molecule has 0 radical (unpaired) electrons. The van der Waals surface area contributed by atoms with Crippen molar-refractivity contribution in [1.29, 1.82) is 0 Å². The molecule has 1 aromatic rings. The fraction of sp³-hybridized carbons (Fsp3) is 0.467.